The molecule has 0 aliphatic carbocycles. The molecular weight excluding hydrogens is 820 g/mol. The molecule has 0 bridgehead atoms. The Morgan fingerprint density at radius 1 is 0.780 bits per heavy atom. The topological polar surface area (TPSA) is 222 Å². The van der Waals surface area contributed by atoms with Gasteiger partial charge in [-0.3, -0.25) is 14.9 Å². The van der Waals surface area contributed by atoms with E-state index in [1.54, 1.807) is 18.2 Å². The van der Waals surface area contributed by atoms with Crippen LogP contribution in [0.15, 0.2) is 78.3 Å². The molecule has 8 N–H and O–H groups in total. The van der Waals surface area contributed by atoms with Gasteiger partial charge in [-0.15, -0.1) is 6.58 Å². The molecule has 330 valence electrons. The summed E-state index contributed by atoms with van der Waals surface area (Å²) in [5.41, 5.74) is 28.1. The van der Waals surface area contributed by atoms with Crippen LogP contribution >= 0.6 is 15.9 Å². The third-order valence-corrected chi connectivity index (χ3v) is 8.32. The summed E-state index contributed by atoms with van der Waals surface area (Å²) < 4.78 is 21.4. The average molecular weight is 890 g/mol. The van der Waals surface area contributed by atoms with Crippen LogP contribution in [0.25, 0.3) is 0 Å². The van der Waals surface area contributed by atoms with E-state index in [-0.39, 0.29) is 5.69 Å². The maximum absolute atomic E-state index is 10.9. The normalized spacial score (nSPS) is 9.54. The van der Waals surface area contributed by atoms with Gasteiger partial charge in [0.05, 0.1) is 42.7 Å². The Bertz CT molecular complexity index is 1640. The van der Waals surface area contributed by atoms with Crippen LogP contribution in [0.3, 0.4) is 0 Å². The summed E-state index contributed by atoms with van der Waals surface area (Å²) in [4.78, 5) is 33.1. The Hall–Kier alpha value is -5.44. The minimum atomic E-state index is -0.468. The van der Waals surface area contributed by atoms with Gasteiger partial charge in [0, 0.05) is 65.0 Å². The van der Waals surface area contributed by atoms with E-state index in [1.807, 2.05) is 26.8 Å². The Balaban J connectivity index is 0. The molecule has 0 unspecified atom stereocenters. The van der Waals surface area contributed by atoms with Crippen molar-refractivity contribution in [3.63, 3.8) is 0 Å². The molecule has 15 heteroatoms. The number of non-ortho nitro benzene ring substituents is 1. The fraction of sp³-hybridized carbons (Fsp3) is 0.455. The SMILES string of the molecule is C=CC.C=CC(=O)OCCCCCOc1cc(N)c(OCCCCCOC=O)cc1N.CC.CCCN(CCC)c1ccc(N)c(C)c1.Nc1ccc([N+](=O)[O-])cc1Br. The standard InChI is InChI=1S/C20H30N2O6.C13H22N2.C6H5BrN2O2.C3H6.C2H6/c1-2-20(24)28-12-8-4-7-11-27-19-14-16(21)18(13-17(19)22)26-10-6-3-5-9-25-15-23;1-4-8-15(9-5-2)12-6-7-13(14)11(3)10-12;7-5-3-4(9(10)11)1-2-6(5)8;1-3-2;1-2/h2,13-15H,1,3-12,21-22H2;6-7,10H,4-5,8-9,14H2,1-3H3;1-3H,8H2;3H,1H2,2H3;1-2H3. The lowest BCUT2D eigenvalue weighted by atomic mass is 10.1. The number of nitrogen functional groups attached to an aromatic ring is 4. The van der Waals surface area contributed by atoms with Crippen LogP contribution in [0.2, 0.25) is 0 Å². The van der Waals surface area contributed by atoms with E-state index < -0.39 is 10.9 Å². The molecule has 0 radical (unpaired) electrons. The first kappa shape index (κ1) is 55.7. The van der Waals surface area contributed by atoms with Gasteiger partial charge in [-0.05, 0) is 111 Å². The molecule has 0 aromatic heterocycles. The fourth-order valence-corrected chi connectivity index (χ4v) is 5.09. The van der Waals surface area contributed by atoms with Gasteiger partial charge in [-0.1, -0.05) is 40.3 Å². The molecule has 3 rings (SSSR count). The molecule has 0 saturated carbocycles. The maximum Gasteiger partial charge on any atom is 0.330 e. The van der Waals surface area contributed by atoms with E-state index in [1.165, 1.54) is 42.3 Å². The first-order valence-corrected chi connectivity index (χ1v) is 20.8. The summed E-state index contributed by atoms with van der Waals surface area (Å²) >= 11 is 3.08. The number of nitro groups is 1. The molecule has 0 saturated heterocycles. The van der Waals surface area contributed by atoms with Crippen LogP contribution < -0.4 is 37.3 Å². The van der Waals surface area contributed by atoms with E-state index in [0.717, 1.165) is 63.4 Å². The van der Waals surface area contributed by atoms with Crippen molar-refractivity contribution in [2.75, 3.05) is 67.4 Å². The van der Waals surface area contributed by atoms with E-state index in [4.69, 9.17) is 37.1 Å². The highest BCUT2D eigenvalue weighted by atomic mass is 79.9. The number of hydrogen-bond donors (Lipinski definition) is 4. The summed E-state index contributed by atoms with van der Waals surface area (Å²) in [6.07, 6.45) is 10.2. The van der Waals surface area contributed by atoms with Gasteiger partial charge >= 0.3 is 5.97 Å². The number of aryl methyl sites for hydroxylation is 1. The quantitative estimate of drug-likeness (QED) is 0.0108. The number of carbonyl (C=O) groups excluding carboxylic acids is 2. The average Bonchev–Trinajstić information content (AvgIpc) is 3.22. The van der Waals surface area contributed by atoms with Gasteiger partial charge in [0.2, 0.25) is 0 Å². The van der Waals surface area contributed by atoms with Gasteiger partial charge < -0.3 is 46.8 Å². The zero-order valence-electron chi connectivity index (χ0n) is 36.0. The maximum atomic E-state index is 10.9. The van der Waals surface area contributed by atoms with Gasteiger partial charge in [0.25, 0.3) is 12.2 Å². The molecule has 0 fully saturated rings. The number of carbonyl (C=O) groups is 2. The minimum Gasteiger partial charge on any atom is -0.491 e. The van der Waals surface area contributed by atoms with Crippen molar-refractivity contribution in [3.05, 3.63) is 94.0 Å². The molecule has 14 nitrogen and oxygen atoms in total. The number of nitrogens with two attached hydrogens (primary N) is 4. The lowest BCUT2D eigenvalue weighted by Gasteiger charge is -2.24. The van der Waals surface area contributed by atoms with Crippen molar-refractivity contribution in [2.24, 2.45) is 0 Å². The van der Waals surface area contributed by atoms with Crippen LogP contribution in [-0.2, 0) is 19.1 Å². The molecule has 3 aromatic rings. The molecule has 0 amide bonds. The monoisotopic (exact) mass is 888 g/mol. The fourth-order valence-electron chi connectivity index (χ4n) is 4.73. The zero-order valence-corrected chi connectivity index (χ0v) is 37.6. The molecule has 0 atom stereocenters. The predicted molar refractivity (Wildman–Crippen MR) is 248 cm³/mol. The molecule has 0 aliphatic heterocycles. The van der Waals surface area contributed by atoms with E-state index >= 15 is 0 Å². The van der Waals surface area contributed by atoms with Gasteiger partial charge in [-0.2, -0.15) is 0 Å². The Kier molecular flexibility index (Phi) is 33.7. The Labute approximate surface area is 360 Å². The molecule has 0 spiro atoms. The lowest BCUT2D eigenvalue weighted by molar-refractivity contribution is -0.384. The summed E-state index contributed by atoms with van der Waals surface area (Å²) in [6.45, 7) is 23.6. The minimum absolute atomic E-state index is 0.0334. The van der Waals surface area contributed by atoms with Crippen molar-refractivity contribution in [1.29, 1.82) is 0 Å². The molecule has 0 aliphatic rings. The number of rotatable bonds is 22. The van der Waals surface area contributed by atoms with Gasteiger partial charge in [0.1, 0.15) is 11.5 Å². The van der Waals surface area contributed by atoms with Crippen LogP contribution in [0, 0.1) is 17.0 Å². The number of halogens is 1. The Morgan fingerprint density at radius 3 is 1.71 bits per heavy atom. The summed E-state index contributed by atoms with van der Waals surface area (Å²) in [5, 5.41) is 10.2. The summed E-state index contributed by atoms with van der Waals surface area (Å²) in [7, 11) is 0. The van der Waals surface area contributed by atoms with Crippen molar-refractivity contribution in [2.45, 2.75) is 92.9 Å². The third kappa shape index (κ3) is 26.2. The highest BCUT2D eigenvalue weighted by molar-refractivity contribution is 9.10. The smallest absolute Gasteiger partial charge is 0.330 e. The second-order valence-electron chi connectivity index (χ2n) is 12.5. The number of ether oxygens (including phenoxy) is 4. The number of esters is 1. The lowest BCUT2D eigenvalue weighted by Crippen LogP contribution is -2.24. The highest BCUT2D eigenvalue weighted by Crippen LogP contribution is 2.33. The van der Waals surface area contributed by atoms with E-state index in [0.29, 0.717) is 65.9 Å². The van der Waals surface area contributed by atoms with Crippen molar-refractivity contribution in [3.8, 4) is 11.5 Å². The number of allylic oxidation sites excluding steroid dienone is 1. The first-order valence-electron chi connectivity index (χ1n) is 20.0. The van der Waals surface area contributed by atoms with Gasteiger partial charge in [0.15, 0.2) is 0 Å². The molecular formula is C44H69BrN6O8. The number of nitrogens with zero attached hydrogens (tertiary/aromatic N) is 2. The number of unbranched alkanes of at least 4 members (excludes halogenated alkanes) is 4. The van der Waals surface area contributed by atoms with E-state index in [2.05, 4.69) is 71.6 Å². The molecule has 59 heavy (non-hydrogen) atoms. The van der Waals surface area contributed by atoms with Crippen LogP contribution in [-0.4, -0.2) is 56.9 Å². The summed E-state index contributed by atoms with van der Waals surface area (Å²) in [6, 6.07) is 13.8. The largest absolute Gasteiger partial charge is 0.491 e. The number of anilines is 5. The van der Waals surface area contributed by atoms with Crippen molar-refractivity contribution in [1.82, 2.24) is 0 Å². The predicted octanol–water partition coefficient (Wildman–Crippen LogP) is 10.2. The number of nitro benzene ring substituents is 1. The van der Waals surface area contributed by atoms with Crippen LogP contribution in [0.1, 0.15) is 91.5 Å². The van der Waals surface area contributed by atoms with Crippen LogP contribution in [0.4, 0.5) is 34.1 Å². The second-order valence-corrected chi connectivity index (χ2v) is 13.3. The molecule has 3 aromatic carbocycles. The molecule has 0 heterocycles. The second kappa shape index (κ2) is 35.7. The number of benzene rings is 3. The summed E-state index contributed by atoms with van der Waals surface area (Å²) in [5.74, 6) is 0.640. The third-order valence-electron chi connectivity index (χ3n) is 7.63. The van der Waals surface area contributed by atoms with Crippen molar-refractivity contribution < 1.29 is 33.5 Å². The number of hydrogen-bond acceptors (Lipinski definition) is 13. The van der Waals surface area contributed by atoms with Crippen LogP contribution in [0.5, 0.6) is 11.5 Å². The van der Waals surface area contributed by atoms with E-state index in [9.17, 15) is 19.7 Å². The zero-order chi connectivity index (χ0) is 45.0. The Morgan fingerprint density at radius 2 is 1.27 bits per heavy atom. The highest BCUT2D eigenvalue weighted by Gasteiger charge is 2.09. The van der Waals surface area contributed by atoms with Crippen molar-refractivity contribution >= 4 is 62.5 Å². The van der Waals surface area contributed by atoms with Gasteiger partial charge in [-0.25, -0.2) is 4.79 Å². The first-order chi connectivity index (χ1) is 28.3.